The van der Waals surface area contributed by atoms with Gasteiger partial charge in [-0.3, -0.25) is 0 Å². The van der Waals surface area contributed by atoms with Gasteiger partial charge in [-0.25, -0.2) is 4.68 Å². The van der Waals surface area contributed by atoms with Crippen molar-refractivity contribution in [2.24, 2.45) is 0 Å². The van der Waals surface area contributed by atoms with Crippen LogP contribution in [0.1, 0.15) is 50.9 Å². The third-order valence-electron chi connectivity index (χ3n) is 5.25. The largest absolute Gasteiger partial charge is 0.334 e. The second-order valence-corrected chi connectivity index (χ2v) is 6.87. The highest BCUT2D eigenvalue weighted by Gasteiger charge is 2.21. The van der Waals surface area contributed by atoms with Crippen LogP contribution in [0.2, 0.25) is 0 Å². The van der Waals surface area contributed by atoms with E-state index in [2.05, 4.69) is 50.3 Å². The number of hydrogen-bond donors (Lipinski definition) is 0. The molecule has 126 valence electrons. The molecule has 2 heterocycles. The molecule has 1 saturated carbocycles. The number of allylic oxidation sites excluding steroid dienone is 4. The molecule has 1 fully saturated rings. The summed E-state index contributed by atoms with van der Waals surface area (Å²) < 4.78 is 7.56. The molecule has 0 atom stereocenters. The van der Waals surface area contributed by atoms with Gasteiger partial charge in [-0.05, 0) is 50.0 Å². The van der Waals surface area contributed by atoms with Crippen LogP contribution in [-0.4, -0.2) is 25.1 Å². The fourth-order valence-corrected chi connectivity index (χ4v) is 3.84. The van der Waals surface area contributed by atoms with Crippen LogP contribution in [0.3, 0.4) is 0 Å². The lowest BCUT2D eigenvalue weighted by Gasteiger charge is -2.09. The molecule has 25 heavy (non-hydrogen) atoms. The summed E-state index contributed by atoms with van der Waals surface area (Å²) in [4.78, 5) is 4.57. The van der Waals surface area contributed by atoms with Gasteiger partial charge in [-0.15, -0.1) is 5.10 Å². The van der Waals surface area contributed by atoms with Gasteiger partial charge >= 0.3 is 0 Å². The van der Waals surface area contributed by atoms with E-state index in [4.69, 9.17) is 4.52 Å². The quantitative estimate of drug-likeness (QED) is 0.713. The summed E-state index contributed by atoms with van der Waals surface area (Å²) in [6, 6.07) is 6.55. The van der Waals surface area contributed by atoms with Gasteiger partial charge in [-0.2, -0.15) is 4.98 Å². The smallest absolute Gasteiger partial charge is 0.258 e. The minimum Gasteiger partial charge on any atom is -0.334 e. The highest BCUT2D eigenvalue weighted by molar-refractivity contribution is 5.80. The SMILES string of the molecule is CC1=C(c2noc(-c3ccc4c(c3)nnn4C3CCCC3)n2)CC=C1. The van der Waals surface area contributed by atoms with Crippen LogP contribution >= 0.6 is 0 Å². The Bertz CT molecular complexity index is 1000. The minimum absolute atomic E-state index is 0.482. The summed E-state index contributed by atoms with van der Waals surface area (Å²) in [5.74, 6) is 1.20. The van der Waals surface area contributed by atoms with E-state index in [1.54, 1.807) is 0 Å². The molecule has 5 rings (SSSR count). The average molecular weight is 333 g/mol. The highest BCUT2D eigenvalue weighted by Crippen LogP contribution is 2.32. The van der Waals surface area contributed by atoms with Crippen LogP contribution in [0.25, 0.3) is 28.1 Å². The summed E-state index contributed by atoms with van der Waals surface area (Å²) in [6.45, 7) is 2.07. The van der Waals surface area contributed by atoms with Gasteiger partial charge in [0.15, 0.2) is 5.82 Å². The van der Waals surface area contributed by atoms with E-state index in [0.29, 0.717) is 17.8 Å². The van der Waals surface area contributed by atoms with Crippen molar-refractivity contribution in [3.05, 3.63) is 41.7 Å². The maximum absolute atomic E-state index is 5.49. The summed E-state index contributed by atoms with van der Waals surface area (Å²) >= 11 is 0. The molecule has 2 aliphatic carbocycles. The molecule has 0 unspecified atom stereocenters. The van der Waals surface area contributed by atoms with E-state index in [9.17, 15) is 0 Å². The van der Waals surface area contributed by atoms with E-state index in [1.807, 2.05) is 12.1 Å². The van der Waals surface area contributed by atoms with Crippen LogP contribution in [0, 0.1) is 0 Å². The molecule has 3 aromatic rings. The molecule has 0 radical (unpaired) electrons. The summed E-state index contributed by atoms with van der Waals surface area (Å²) in [7, 11) is 0. The molecule has 0 saturated heterocycles. The molecule has 0 spiro atoms. The van der Waals surface area contributed by atoms with Crippen molar-refractivity contribution >= 4 is 16.6 Å². The topological polar surface area (TPSA) is 69.6 Å². The average Bonchev–Trinajstić information content (AvgIpc) is 3.39. The Balaban J connectivity index is 1.49. The van der Waals surface area contributed by atoms with Crippen LogP contribution in [-0.2, 0) is 0 Å². The normalized spacial score (nSPS) is 18.1. The van der Waals surface area contributed by atoms with Crippen molar-refractivity contribution in [1.29, 1.82) is 0 Å². The molecule has 6 heteroatoms. The van der Waals surface area contributed by atoms with Crippen LogP contribution in [0.5, 0.6) is 0 Å². The van der Waals surface area contributed by atoms with Gasteiger partial charge in [0.05, 0.1) is 11.6 Å². The number of rotatable bonds is 3. The number of aromatic nitrogens is 5. The highest BCUT2D eigenvalue weighted by atomic mass is 16.5. The fraction of sp³-hybridized carbons (Fsp3) is 0.368. The van der Waals surface area contributed by atoms with Gasteiger partial charge in [0.2, 0.25) is 0 Å². The van der Waals surface area contributed by atoms with Crippen LogP contribution in [0.15, 0.2) is 40.4 Å². The zero-order valence-electron chi connectivity index (χ0n) is 14.1. The monoisotopic (exact) mass is 333 g/mol. The Morgan fingerprint density at radius 1 is 1.20 bits per heavy atom. The van der Waals surface area contributed by atoms with E-state index >= 15 is 0 Å². The molecule has 2 aromatic heterocycles. The maximum Gasteiger partial charge on any atom is 0.258 e. The van der Waals surface area contributed by atoms with Crippen LogP contribution in [0.4, 0.5) is 0 Å². The summed E-state index contributed by atoms with van der Waals surface area (Å²) in [6.07, 6.45) is 10.0. The lowest BCUT2D eigenvalue weighted by Crippen LogP contribution is -2.06. The Hall–Kier alpha value is -2.76. The van der Waals surface area contributed by atoms with Gasteiger partial charge in [0, 0.05) is 11.1 Å². The molecule has 1 aromatic carbocycles. The van der Waals surface area contributed by atoms with Crippen molar-refractivity contribution < 1.29 is 4.52 Å². The van der Waals surface area contributed by atoms with E-state index in [0.717, 1.165) is 28.6 Å². The molecule has 6 nitrogen and oxygen atoms in total. The number of benzene rings is 1. The van der Waals surface area contributed by atoms with E-state index in [-0.39, 0.29) is 0 Å². The van der Waals surface area contributed by atoms with Crippen molar-refractivity contribution in [3.8, 4) is 11.5 Å². The van der Waals surface area contributed by atoms with Gasteiger partial charge in [-0.1, -0.05) is 35.4 Å². The number of nitrogens with zero attached hydrogens (tertiary/aromatic N) is 5. The minimum atomic E-state index is 0.482. The first-order valence-electron chi connectivity index (χ1n) is 8.85. The fourth-order valence-electron chi connectivity index (χ4n) is 3.84. The molecule has 0 amide bonds. The van der Waals surface area contributed by atoms with Crippen molar-refractivity contribution in [1.82, 2.24) is 25.1 Å². The zero-order chi connectivity index (χ0) is 16.8. The van der Waals surface area contributed by atoms with Crippen molar-refractivity contribution in [2.75, 3.05) is 0 Å². The molecule has 2 aliphatic rings. The van der Waals surface area contributed by atoms with Gasteiger partial charge < -0.3 is 4.52 Å². The molecule has 0 N–H and O–H groups in total. The van der Waals surface area contributed by atoms with E-state index < -0.39 is 0 Å². The number of hydrogen-bond acceptors (Lipinski definition) is 5. The Kier molecular flexibility index (Phi) is 3.29. The first kappa shape index (κ1) is 14.6. The lowest BCUT2D eigenvalue weighted by atomic mass is 10.1. The zero-order valence-corrected chi connectivity index (χ0v) is 14.1. The molecule has 0 bridgehead atoms. The second-order valence-electron chi connectivity index (χ2n) is 6.87. The second kappa shape index (κ2) is 5.65. The lowest BCUT2D eigenvalue weighted by molar-refractivity contribution is 0.428. The molecular weight excluding hydrogens is 314 g/mol. The molecular formula is C19H19N5O. The summed E-state index contributed by atoms with van der Waals surface area (Å²) in [5.41, 5.74) is 5.16. The predicted molar refractivity (Wildman–Crippen MR) is 94.7 cm³/mol. The molecule has 0 aliphatic heterocycles. The van der Waals surface area contributed by atoms with Crippen molar-refractivity contribution in [3.63, 3.8) is 0 Å². The van der Waals surface area contributed by atoms with Crippen molar-refractivity contribution in [2.45, 2.75) is 45.1 Å². The predicted octanol–water partition coefficient (Wildman–Crippen LogP) is 4.33. The Morgan fingerprint density at radius 2 is 2.08 bits per heavy atom. The first-order chi connectivity index (χ1) is 12.3. The van der Waals surface area contributed by atoms with Gasteiger partial charge in [0.25, 0.3) is 5.89 Å². The summed E-state index contributed by atoms with van der Waals surface area (Å²) in [5, 5.41) is 12.9. The van der Waals surface area contributed by atoms with E-state index in [1.165, 1.54) is 31.3 Å². The van der Waals surface area contributed by atoms with Gasteiger partial charge in [0.1, 0.15) is 5.52 Å². The Labute approximate surface area is 145 Å². The van der Waals surface area contributed by atoms with Crippen LogP contribution < -0.4 is 0 Å². The number of fused-ring (bicyclic) bond motifs is 1. The Morgan fingerprint density at radius 3 is 2.88 bits per heavy atom. The maximum atomic E-state index is 5.49. The standard InChI is InChI=1S/C19H19N5O/c1-12-5-4-8-15(12)18-20-19(25-22-18)13-9-10-17-16(11-13)21-23-24(17)14-6-2-3-7-14/h4-5,9-11,14H,2-3,6-8H2,1H3. The first-order valence-corrected chi connectivity index (χ1v) is 8.85. The third kappa shape index (κ3) is 2.40. The third-order valence-corrected chi connectivity index (χ3v) is 5.25.